The van der Waals surface area contributed by atoms with E-state index in [1.165, 1.54) is 4.88 Å². The summed E-state index contributed by atoms with van der Waals surface area (Å²) in [4.78, 5) is 19.9. The van der Waals surface area contributed by atoms with Crippen LogP contribution in [-0.4, -0.2) is 38.7 Å². The van der Waals surface area contributed by atoms with Crippen LogP contribution in [0.5, 0.6) is 0 Å². The first-order chi connectivity index (χ1) is 14.4. The summed E-state index contributed by atoms with van der Waals surface area (Å²) in [5.41, 5.74) is 3.16. The molecule has 144 valence electrons. The molecule has 0 saturated heterocycles. The molecule has 0 spiro atoms. The second-order valence-corrected chi connectivity index (χ2v) is 8.15. The average molecular weight is 401 g/mol. The summed E-state index contributed by atoms with van der Waals surface area (Å²) in [6, 6.07) is 18.6. The normalized spacial score (nSPS) is 18.8. The summed E-state index contributed by atoms with van der Waals surface area (Å²) < 4.78 is 2.28. The molecule has 5 heterocycles. The minimum Gasteiger partial charge on any atom is -0.331 e. The Kier molecular flexibility index (Phi) is 3.85. The highest BCUT2D eigenvalue weighted by atomic mass is 32.1. The van der Waals surface area contributed by atoms with Crippen LogP contribution in [0.4, 0.5) is 5.95 Å². The second-order valence-electron chi connectivity index (χ2n) is 7.18. The van der Waals surface area contributed by atoms with Gasteiger partial charge in [-0.25, -0.2) is 9.98 Å². The Morgan fingerprint density at radius 1 is 1.07 bits per heavy atom. The van der Waals surface area contributed by atoms with E-state index < -0.39 is 0 Å². The smallest absolute Gasteiger partial charge is 0.216 e. The number of pyridine rings is 1. The number of imidazole rings is 1. The molecule has 1 N–H and O–H groups in total. The van der Waals surface area contributed by atoms with Gasteiger partial charge in [-0.15, -0.1) is 11.3 Å². The van der Waals surface area contributed by atoms with E-state index in [1.807, 2.05) is 24.4 Å². The van der Waals surface area contributed by atoms with Gasteiger partial charge in [0.2, 0.25) is 11.9 Å². The fourth-order valence-electron chi connectivity index (χ4n) is 3.98. The Balaban J connectivity index is 1.42. The Labute approximate surface area is 172 Å². The molecule has 29 heavy (non-hydrogen) atoms. The van der Waals surface area contributed by atoms with Crippen molar-refractivity contribution in [3.05, 3.63) is 76.7 Å². The number of aliphatic imine (C=N–C) groups is 1. The van der Waals surface area contributed by atoms with Crippen molar-refractivity contribution in [2.24, 2.45) is 4.99 Å². The van der Waals surface area contributed by atoms with Crippen molar-refractivity contribution in [2.75, 3.05) is 18.2 Å². The third-order valence-corrected chi connectivity index (χ3v) is 6.21. The molecule has 2 aliphatic rings. The van der Waals surface area contributed by atoms with Crippen LogP contribution < -0.4 is 10.2 Å². The number of aromatic nitrogens is 3. The Hall–Kier alpha value is -3.23. The highest BCUT2D eigenvalue weighted by Gasteiger charge is 2.36. The predicted molar refractivity (Wildman–Crippen MR) is 115 cm³/mol. The fourth-order valence-corrected chi connectivity index (χ4v) is 4.74. The number of para-hydroxylation sites is 2. The molecular weight excluding hydrogens is 382 g/mol. The molecule has 0 saturated carbocycles. The number of thiophene rings is 1. The molecule has 1 aromatic carbocycles. The Bertz CT molecular complexity index is 1180. The summed E-state index contributed by atoms with van der Waals surface area (Å²) in [5, 5.41) is 5.75. The number of benzene rings is 1. The highest BCUT2D eigenvalue weighted by Crippen LogP contribution is 2.35. The van der Waals surface area contributed by atoms with Crippen LogP contribution in [0.3, 0.4) is 0 Å². The maximum absolute atomic E-state index is 4.97. The molecule has 0 fully saturated rings. The van der Waals surface area contributed by atoms with Crippen molar-refractivity contribution in [1.82, 2.24) is 24.8 Å². The standard InChI is InChI=1S/C21H19N7S/c1-2-8-17-16(7-1)24-21-27-14-26(12-15-6-3-4-10-22-15)13-23-20(27)25-19(28(17)21)18-9-5-11-29-18/h1-11,19H,12-14H2,(H,23,25)/t19-/m1/s1. The van der Waals surface area contributed by atoms with Gasteiger partial charge in [-0.1, -0.05) is 24.3 Å². The largest absolute Gasteiger partial charge is 0.331 e. The van der Waals surface area contributed by atoms with Crippen LogP contribution in [-0.2, 0) is 6.54 Å². The summed E-state index contributed by atoms with van der Waals surface area (Å²) >= 11 is 1.74. The van der Waals surface area contributed by atoms with E-state index in [1.54, 1.807) is 11.3 Å². The molecule has 0 unspecified atom stereocenters. The van der Waals surface area contributed by atoms with Gasteiger partial charge in [0.15, 0.2) is 0 Å². The number of rotatable bonds is 3. The molecular formula is C21H19N7S. The van der Waals surface area contributed by atoms with E-state index in [9.17, 15) is 0 Å². The molecule has 0 amide bonds. The van der Waals surface area contributed by atoms with Crippen molar-refractivity contribution < 1.29 is 0 Å². The fraction of sp³-hybridized carbons (Fsp3) is 0.190. The van der Waals surface area contributed by atoms with Crippen molar-refractivity contribution in [1.29, 1.82) is 0 Å². The van der Waals surface area contributed by atoms with Crippen LogP contribution in [0, 0.1) is 0 Å². The van der Waals surface area contributed by atoms with E-state index in [0.717, 1.165) is 35.2 Å². The van der Waals surface area contributed by atoms with Crippen LogP contribution >= 0.6 is 11.3 Å². The lowest BCUT2D eigenvalue weighted by Gasteiger charge is -2.41. The topological polar surface area (TPSA) is 61.6 Å². The van der Waals surface area contributed by atoms with Gasteiger partial charge >= 0.3 is 0 Å². The van der Waals surface area contributed by atoms with Gasteiger partial charge in [-0.2, -0.15) is 0 Å². The van der Waals surface area contributed by atoms with Gasteiger partial charge in [0.05, 0.1) is 30.1 Å². The quantitative estimate of drug-likeness (QED) is 0.571. The SMILES string of the molecule is c1ccc(CN2CN=C3N[C@@H](c4cccs4)n4c(nc5ccccc54)N3C2)nc1. The van der Waals surface area contributed by atoms with Gasteiger partial charge in [0, 0.05) is 17.6 Å². The first kappa shape index (κ1) is 16.7. The van der Waals surface area contributed by atoms with Gasteiger partial charge in [0.1, 0.15) is 6.17 Å². The van der Waals surface area contributed by atoms with E-state index >= 15 is 0 Å². The van der Waals surface area contributed by atoms with E-state index in [2.05, 4.69) is 66.4 Å². The highest BCUT2D eigenvalue weighted by molar-refractivity contribution is 7.10. The molecule has 2 aliphatic heterocycles. The summed E-state index contributed by atoms with van der Waals surface area (Å²) in [5.74, 6) is 1.80. The average Bonchev–Trinajstić information content (AvgIpc) is 3.43. The number of nitrogens with one attached hydrogen (secondary N) is 1. The number of guanidine groups is 1. The molecule has 0 radical (unpaired) electrons. The van der Waals surface area contributed by atoms with Crippen molar-refractivity contribution in [3.8, 4) is 0 Å². The third-order valence-electron chi connectivity index (χ3n) is 5.28. The van der Waals surface area contributed by atoms with Crippen LogP contribution in [0.15, 0.2) is 71.2 Å². The number of hydrogen-bond donors (Lipinski definition) is 1. The van der Waals surface area contributed by atoms with Gasteiger partial charge < -0.3 is 5.32 Å². The summed E-state index contributed by atoms with van der Waals surface area (Å²) in [7, 11) is 0. The lowest BCUT2D eigenvalue weighted by Crippen LogP contribution is -2.57. The van der Waals surface area contributed by atoms with Crippen molar-refractivity contribution >= 4 is 34.3 Å². The number of anilines is 1. The summed E-state index contributed by atoms with van der Waals surface area (Å²) in [6.07, 6.45) is 1.83. The lowest BCUT2D eigenvalue weighted by molar-refractivity contribution is 0.261. The molecule has 3 aromatic heterocycles. The molecule has 0 aliphatic carbocycles. The molecule has 0 bridgehead atoms. The monoisotopic (exact) mass is 401 g/mol. The van der Waals surface area contributed by atoms with Gasteiger partial charge in [-0.05, 0) is 35.7 Å². The molecule has 7 nitrogen and oxygen atoms in total. The van der Waals surface area contributed by atoms with Crippen LogP contribution in [0.25, 0.3) is 11.0 Å². The predicted octanol–water partition coefficient (Wildman–Crippen LogP) is 3.24. The van der Waals surface area contributed by atoms with E-state index in [4.69, 9.17) is 9.98 Å². The molecule has 8 heteroatoms. The zero-order valence-electron chi connectivity index (χ0n) is 15.6. The second kappa shape index (κ2) is 6.68. The Morgan fingerprint density at radius 2 is 2.00 bits per heavy atom. The van der Waals surface area contributed by atoms with Crippen LogP contribution in [0.1, 0.15) is 16.7 Å². The van der Waals surface area contributed by atoms with E-state index in [0.29, 0.717) is 13.3 Å². The van der Waals surface area contributed by atoms with Gasteiger partial charge in [0.25, 0.3) is 0 Å². The number of hydrogen-bond acceptors (Lipinski definition) is 7. The minimum atomic E-state index is -0.00487. The maximum Gasteiger partial charge on any atom is 0.216 e. The Morgan fingerprint density at radius 3 is 2.86 bits per heavy atom. The van der Waals surface area contributed by atoms with Crippen molar-refractivity contribution in [3.63, 3.8) is 0 Å². The zero-order valence-corrected chi connectivity index (χ0v) is 16.5. The van der Waals surface area contributed by atoms with E-state index in [-0.39, 0.29) is 6.17 Å². The van der Waals surface area contributed by atoms with Gasteiger partial charge in [-0.3, -0.25) is 19.4 Å². The lowest BCUT2D eigenvalue weighted by atomic mass is 10.3. The molecule has 1 atom stereocenters. The number of fused-ring (bicyclic) bond motifs is 5. The molecule has 4 aromatic rings. The molecule has 6 rings (SSSR count). The van der Waals surface area contributed by atoms with Crippen LogP contribution in [0.2, 0.25) is 0 Å². The minimum absolute atomic E-state index is 0.00487. The number of nitrogens with zero attached hydrogens (tertiary/aromatic N) is 6. The first-order valence-electron chi connectivity index (χ1n) is 9.58. The third kappa shape index (κ3) is 2.80. The maximum atomic E-state index is 4.97. The zero-order chi connectivity index (χ0) is 19.2. The van der Waals surface area contributed by atoms with Crippen molar-refractivity contribution in [2.45, 2.75) is 12.7 Å². The summed E-state index contributed by atoms with van der Waals surface area (Å²) in [6.45, 7) is 2.10. The first-order valence-corrected chi connectivity index (χ1v) is 10.5.